The molecule has 1 aromatic rings. The van der Waals surface area contributed by atoms with Crippen LogP contribution < -0.4 is 14.8 Å². The molecule has 0 unspecified atom stereocenters. The zero-order valence-corrected chi connectivity index (χ0v) is 14.1. The molecule has 0 spiro atoms. The number of aliphatic hydroxyl groups is 1. The normalized spacial score (nSPS) is 16.1. The molecule has 1 amide bonds. The highest BCUT2D eigenvalue weighted by atomic mass is 16.5. The third-order valence-corrected chi connectivity index (χ3v) is 4.47. The molecule has 23 heavy (non-hydrogen) atoms. The van der Waals surface area contributed by atoms with Gasteiger partial charge in [0.25, 0.3) is 0 Å². The molecule has 2 N–H and O–H groups in total. The van der Waals surface area contributed by atoms with Crippen LogP contribution in [0.3, 0.4) is 0 Å². The van der Waals surface area contributed by atoms with Crippen molar-refractivity contribution in [3.05, 3.63) is 23.8 Å². The maximum absolute atomic E-state index is 11.9. The lowest BCUT2D eigenvalue weighted by atomic mass is 10.0. The van der Waals surface area contributed by atoms with Crippen LogP contribution in [-0.2, 0) is 11.2 Å². The number of carbonyl (C=O) groups excluding carboxylic acids is 1. The van der Waals surface area contributed by atoms with E-state index in [1.807, 2.05) is 18.2 Å². The van der Waals surface area contributed by atoms with Gasteiger partial charge in [0.2, 0.25) is 5.91 Å². The first-order valence-electron chi connectivity index (χ1n) is 8.26. The van der Waals surface area contributed by atoms with E-state index in [4.69, 9.17) is 9.47 Å². The molecule has 1 aliphatic rings. The minimum Gasteiger partial charge on any atom is -0.493 e. The maximum Gasteiger partial charge on any atom is 0.220 e. The standard InChI is InChI=1S/C18H27NO4/c1-22-15-9-8-14(12-16(15)23-2)6-5-7-17(20)19-13-18(21)10-3-4-11-18/h8-9,12,21H,3-7,10-11,13H2,1-2H3,(H,19,20). The fourth-order valence-electron chi connectivity index (χ4n) is 3.05. The molecule has 1 aliphatic carbocycles. The highest BCUT2D eigenvalue weighted by Crippen LogP contribution is 2.29. The number of methoxy groups -OCH3 is 2. The topological polar surface area (TPSA) is 67.8 Å². The van der Waals surface area contributed by atoms with Crippen LogP contribution in [0, 0.1) is 0 Å². The molecule has 0 atom stereocenters. The van der Waals surface area contributed by atoms with E-state index in [0.29, 0.717) is 24.5 Å². The predicted octanol–water partition coefficient (Wildman–Crippen LogP) is 2.45. The second-order valence-corrected chi connectivity index (χ2v) is 6.25. The lowest BCUT2D eigenvalue weighted by Gasteiger charge is -2.22. The minimum absolute atomic E-state index is 0.00537. The Morgan fingerprint density at radius 3 is 2.57 bits per heavy atom. The molecule has 0 radical (unpaired) electrons. The van der Waals surface area contributed by atoms with Crippen molar-refractivity contribution in [1.82, 2.24) is 5.32 Å². The van der Waals surface area contributed by atoms with Crippen molar-refractivity contribution in [1.29, 1.82) is 0 Å². The van der Waals surface area contributed by atoms with Gasteiger partial charge >= 0.3 is 0 Å². The predicted molar refractivity (Wildman–Crippen MR) is 88.9 cm³/mol. The number of aryl methyl sites for hydroxylation is 1. The zero-order chi connectivity index (χ0) is 16.7. The molecular formula is C18H27NO4. The van der Waals surface area contributed by atoms with E-state index in [9.17, 15) is 9.90 Å². The lowest BCUT2D eigenvalue weighted by Crippen LogP contribution is -2.40. The molecule has 0 aromatic heterocycles. The summed E-state index contributed by atoms with van der Waals surface area (Å²) in [6.07, 6.45) is 5.71. The largest absolute Gasteiger partial charge is 0.493 e. The first-order chi connectivity index (χ1) is 11.1. The van der Waals surface area contributed by atoms with Gasteiger partial charge in [0.1, 0.15) is 0 Å². The highest BCUT2D eigenvalue weighted by Gasteiger charge is 2.31. The number of benzene rings is 1. The smallest absolute Gasteiger partial charge is 0.220 e. The van der Waals surface area contributed by atoms with Crippen molar-refractivity contribution in [2.75, 3.05) is 20.8 Å². The number of nitrogens with one attached hydrogen (secondary N) is 1. The Hall–Kier alpha value is -1.75. The first-order valence-corrected chi connectivity index (χ1v) is 8.26. The number of rotatable bonds is 8. The molecule has 2 rings (SSSR count). The van der Waals surface area contributed by atoms with Gasteiger partial charge in [-0.1, -0.05) is 18.9 Å². The van der Waals surface area contributed by atoms with Crippen molar-refractivity contribution in [3.63, 3.8) is 0 Å². The molecule has 0 heterocycles. The molecule has 5 nitrogen and oxygen atoms in total. The van der Waals surface area contributed by atoms with Crippen molar-refractivity contribution in [2.45, 2.75) is 50.5 Å². The van der Waals surface area contributed by atoms with Gasteiger partial charge in [0.15, 0.2) is 11.5 Å². The van der Waals surface area contributed by atoms with Gasteiger partial charge in [-0.05, 0) is 43.4 Å². The average Bonchev–Trinajstić information content (AvgIpc) is 3.00. The Kier molecular flexibility index (Phi) is 6.28. The van der Waals surface area contributed by atoms with Gasteiger partial charge in [-0.15, -0.1) is 0 Å². The van der Waals surface area contributed by atoms with Crippen LogP contribution >= 0.6 is 0 Å². The molecule has 5 heteroatoms. The zero-order valence-electron chi connectivity index (χ0n) is 14.1. The summed E-state index contributed by atoms with van der Waals surface area (Å²) in [5.74, 6) is 1.42. The summed E-state index contributed by atoms with van der Waals surface area (Å²) in [7, 11) is 3.23. The highest BCUT2D eigenvalue weighted by molar-refractivity contribution is 5.75. The minimum atomic E-state index is -0.682. The molecule has 1 saturated carbocycles. The molecule has 0 bridgehead atoms. The Morgan fingerprint density at radius 1 is 1.22 bits per heavy atom. The summed E-state index contributed by atoms with van der Waals surface area (Å²) in [5.41, 5.74) is 0.434. The van der Waals surface area contributed by atoms with Crippen LogP contribution in [0.4, 0.5) is 0 Å². The molecule has 128 valence electrons. The van der Waals surface area contributed by atoms with Crippen LogP contribution in [0.2, 0.25) is 0 Å². The molecule has 0 saturated heterocycles. The SMILES string of the molecule is COc1ccc(CCCC(=O)NCC2(O)CCCC2)cc1OC. The van der Waals surface area contributed by atoms with Crippen LogP contribution in [0.15, 0.2) is 18.2 Å². The molecule has 0 aliphatic heterocycles. The Balaban J connectivity index is 1.73. The number of ether oxygens (including phenoxy) is 2. The summed E-state index contributed by atoms with van der Waals surface area (Å²) in [6, 6.07) is 5.81. The van der Waals surface area contributed by atoms with Gasteiger partial charge < -0.3 is 19.9 Å². The van der Waals surface area contributed by atoms with Gasteiger partial charge in [0.05, 0.1) is 19.8 Å². The third-order valence-electron chi connectivity index (χ3n) is 4.47. The number of carbonyl (C=O) groups is 1. The summed E-state index contributed by atoms with van der Waals surface area (Å²) in [4.78, 5) is 11.9. The van der Waals surface area contributed by atoms with Crippen molar-refractivity contribution in [3.8, 4) is 11.5 Å². The summed E-state index contributed by atoms with van der Waals surface area (Å²) in [6.45, 7) is 0.377. The van der Waals surface area contributed by atoms with Crippen LogP contribution in [0.5, 0.6) is 11.5 Å². The van der Waals surface area contributed by atoms with Gasteiger partial charge in [-0.25, -0.2) is 0 Å². The molecule has 1 aromatic carbocycles. The summed E-state index contributed by atoms with van der Waals surface area (Å²) in [5, 5.41) is 13.1. The Bertz CT molecular complexity index is 524. The fraction of sp³-hybridized carbons (Fsp3) is 0.611. The second kappa shape index (κ2) is 8.20. The molecular weight excluding hydrogens is 294 g/mol. The number of amides is 1. The van der Waals surface area contributed by atoms with E-state index >= 15 is 0 Å². The first kappa shape index (κ1) is 17.6. The van der Waals surface area contributed by atoms with E-state index in [1.165, 1.54) is 0 Å². The Morgan fingerprint density at radius 2 is 1.91 bits per heavy atom. The fourth-order valence-corrected chi connectivity index (χ4v) is 3.05. The van der Waals surface area contributed by atoms with E-state index in [2.05, 4.69) is 5.32 Å². The number of hydrogen-bond donors (Lipinski definition) is 2. The number of hydrogen-bond acceptors (Lipinski definition) is 4. The summed E-state index contributed by atoms with van der Waals surface area (Å²) >= 11 is 0. The van der Waals surface area contributed by atoms with Crippen molar-refractivity contribution in [2.24, 2.45) is 0 Å². The summed E-state index contributed by atoms with van der Waals surface area (Å²) < 4.78 is 10.5. The average molecular weight is 321 g/mol. The lowest BCUT2D eigenvalue weighted by molar-refractivity contribution is -0.122. The van der Waals surface area contributed by atoms with E-state index in [1.54, 1.807) is 14.2 Å². The van der Waals surface area contributed by atoms with Crippen LogP contribution in [0.1, 0.15) is 44.1 Å². The van der Waals surface area contributed by atoms with Gasteiger partial charge in [0, 0.05) is 13.0 Å². The van der Waals surface area contributed by atoms with E-state index in [0.717, 1.165) is 44.1 Å². The van der Waals surface area contributed by atoms with Crippen LogP contribution in [-0.4, -0.2) is 37.4 Å². The van der Waals surface area contributed by atoms with Crippen LogP contribution in [0.25, 0.3) is 0 Å². The van der Waals surface area contributed by atoms with E-state index in [-0.39, 0.29) is 5.91 Å². The van der Waals surface area contributed by atoms with Gasteiger partial charge in [-0.3, -0.25) is 4.79 Å². The van der Waals surface area contributed by atoms with E-state index < -0.39 is 5.60 Å². The monoisotopic (exact) mass is 321 g/mol. The van der Waals surface area contributed by atoms with Crippen molar-refractivity contribution < 1.29 is 19.4 Å². The quantitative estimate of drug-likeness (QED) is 0.772. The third kappa shape index (κ3) is 5.13. The van der Waals surface area contributed by atoms with Crippen molar-refractivity contribution >= 4 is 5.91 Å². The van der Waals surface area contributed by atoms with Gasteiger partial charge in [-0.2, -0.15) is 0 Å². The Labute approximate surface area is 138 Å². The molecule has 1 fully saturated rings. The second-order valence-electron chi connectivity index (χ2n) is 6.25. The maximum atomic E-state index is 11.9.